The van der Waals surface area contributed by atoms with Crippen molar-refractivity contribution >= 4 is 33.0 Å². The van der Waals surface area contributed by atoms with E-state index in [0.717, 1.165) is 16.9 Å². The molecule has 0 aromatic carbocycles. The van der Waals surface area contributed by atoms with Crippen molar-refractivity contribution in [3.05, 3.63) is 16.0 Å². The third kappa shape index (κ3) is 3.42. The lowest BCUT2D eigenvalue weighted by Gasteiger charge is -2.02. The SMILES string of the molecule is Cc1cc(S(=O)(=O)NCCCO)sc1Cl. The van der Waals surface area contributed by atoms with Gasteiger partial charge in [-0.2, -0.15) is 0 Å². The first-order valence-corrected chi connectivity index (χ1v) is 7.01. The molecule has 7 heteroatoms. The largest absolute Gasteiger partial charge is 0.396 e. The molecule has 0 saturated heterocycles. The average molecular weight is 270 g/mol. The first kappa shape index (κ1) is 12.9. The van der Waals surface area contributed by atoms with E-state index < -0.39 is 10.0 Å². The van der Waals surface area contributed by atoms with Gasteiger partial charge in [-0.3, -0.25) is 0 Å². The molecular weight excluding hydrogens is 258 g/mol. The average Bonchev–Trinajstić information content (AvgIpc) is 2.48. The van der Waals surface area contributed by atoms with Crippen LogP contribution in [-0.4, -0.2) is 26.7 Å². The van der Waals surface area contributed by atoms with Crippen molar-refractivity contribution in [3.8, 4) is 0 Å². The minimum Gasteiger partial charge on any atom is -0.396 e. The highest BCUT2D eigenvalue weighted by Gasteiger charge is 2.17. The van der Waals surface area contributed by atoms with Crippen molar-refractivity contribution in [1.82, 2.24) is 4.72 Å². The first-order chi connectivity index (χ1) is 6.97. The van der Waals surface area contributed by atoms with E-state index in [9.17, 15) is 8.42 Å². The van der Waals surface area contributed by atoms with Crippen LogP contribution < -0.4 is 4.72 Å². The topological polar surface area (TPSA) is 66.4 Å². The molecule has 0 aliphatic heterocycles. The van der Waals surface area contributed by atoms with Crippen LogP contribution in [0.3, 0.4) is 0 Å². The van der Waals surface area contributed by atoms with E-state index in [-0.39, 0.29) is 17.4 Å². The monoisotopic (exact) mass is 269 g/mol. The molecule has 0 bridgehead atoms. The van der Waals surface area contributed by atoms with Crippen LogP contribution in [0.25, 0.3) is 0 Å². The van der Waals surface area contributed by atoms with Crippen LogP contribution in [0.15, 0.2) is 10.3 Å². The van der Waals surface area contributed by atoms with E-state index in [1.807, 2.05) is 0 Å². The van der Waals surface area contributed by atoms with Crippen molar-refractivity contribution in [2.75, 3.05) is 13.2 Å². The molecule has 0 radical (unpaired) electrons. The highest BCUT2D eigenvalue weighted by atomic mass is 35.5. The second kappa shape index (κ2) is 5.27. The van der Waals surface area contributed by atoms with Gasteiger partial charge >= 0.3 is 0 Å². The van der Waals surface area contributed by atoms with Gasteiger partial charge in [0.25, 0.3) is 0 Å². The summed E-state index contributed by atoms with van der Waals surface area (Å²) in [7, 11) is -3.46. The van der Waals surface area contributed by atoms with Gasteiger partial charge < -0.3 is 5.11 Å². The summed E-state index contributed by atoms with van der Waals surface area (Å²) in [5, 5.41) is 8.53. The number of thiophene rings is 1. The summed E-state index contributed by atoms with van der Waals surface area (Å²) in [6.45, 7) is 1.95. The van der Waals surface area contributed by atoms with Crippen molar-refractivity contribution in [1.29, 1.82) is 0 Å². The lowest BCUT2D eigenvalue weighted by atomic mass is 10.4. The van der Waals surface area contributed by atoms with Gasteiger partial charge in [0, 0.05) is 13.2 Å². The van der Waals surface area contributed by atoms with Gasteiger partial charge in [-0.25, -0.2) is 13.1 Å². The predicted octanol–water partition coefficient (Wildman–Crippen LogP) is 1.37. The first-order valence-electron chi connectivity index (χ1n) is 4.34. The van der Waals surface area contributed by atoms with Crippen LogP contribution in [0.2, 0.25) is 4.34 Å². The Labute approximate surface area is 97.9 Å². The Morgan fingerprint density at radius 3 is 2.73 bits per heavy atom. The van der Waals surface area contributed by atoms with E-state index in [2.05, 4.69) is 4.72 Å². The molecule has 86 valence electrons. The number of halogens is 1. The normalized spacial score (nSPS) is 11.9. The molecule has 2 N–H and O–H groups in total. The lowest BCUT2D eigenvalue weighted by molar-refractivity contribution is 0.289. The predicted molar refractivity (Wildman–Crippen MR) is 61.0 cm³/mol. The van der Waals surface area contributed by atoms with Crippen molar-refractivity contribution in [2.24, 2.45) is 0 Å². The van der Waals surface area contributed by atoms with E-state index in [1.54, 1.807) is 6.92 Å². The minimum absolute atomic E-state index is 0.0350. The van der Waals surface area contributed by atoms with Gasteiger partial charge in [0.1, 0.15) is 4.21 Å². The maximum atomic E-state index is 11.6. The Morgan fingerprint density at radius 1 is 1.60 bits per heavy atom. The molecule has 0 spiro atoms. The second-order valence-corrected chi connectivity index (χ2v) is 6.65. The highest BCUT2D eigenvalue weighted by molar-refractivity contribution is 7.91. The molecular formula is C8H12ClNO3S2. The number of aryl methyl sites for hydroxylation is 1. The zero-order valence-corrected chi connectivity index (χ0v) is 10.5. The zero-order chi connectivity index (χ0) is 11.5. The Morgan fingerprint density at radius 2 is 2.27 bits per heavy atom. The second-order valence-electron chi connectivity index (χ2n) is 3.00. The Hall–Kier alpha value is -0.140. The maximum absolute atomic E-state index is 11.6. The molecule has 4 nitrogen and oxygen atoms in total. The van der Waals surface area contributed by atoms with Gasteiger partial charge in [-0.1, -0.05) is 11.6 Å². The fourth-order valence-electron chi connectivity index (χ4n) is 0.921. The van der Waals surface area contributed by atoms with Crippen molar-refractivity contribution < 1.29 is 13.5 Å². The standard InChI is InChI=1S/C8H12ClNO3S2/c1-6-5-7(14-8(6)9)15(12,13)10-3-2-4-11/h5,10-11H,2-4H2,1H3. The summed E-state index contributed by atoms with van der Waals surface area (Å²) in [6, 6.07) is 1.54. The van der Waals surface area contributed by atoms with Crippen molar-refractivity contribution in [3.63, 3.8) is 0 Å². The van der Waals surface area contributed by atoms with Crippen LogP contribution in [0.5, 0.6) is 0 Å². The highest BCUT2D eigenvalue weighted by Crippen LogP contribution is 2.29. The van der Waals surface area contributed by atoms with Gasteiger partial charge in [0.15, 0.2) is 0 Å². The fraction of sp³-hybridized carbons (Fsp3) is 0.500. The van der Waals surface area contributed by atoms with Gasteiger partial charge in [0.05, 0.1) is 4.34 Å². The molecule has 15 heavy (non-hydrogen) atoms. The number of aliphatic hydroxyl groups excluding tert-OH is 1. The summed E-state index contributed by atoms with van der Waals surface area (Å²) < 4.78 is 26.3. The summed E-state index contributed by atoms with van der Waals surface area (Å²) in [5.41, 5.74) is 0.754. The van der Waals surface area contributed by atoms with Gasteiger partial charge in [0.2, 0.25) is 10.0 Å². The Bertz CT molecular complexity index is 408. The lowest BCUT2D eigenvalue weighted by Crippen LogP contribution is -2.24. The number of hydrogen-bond donors (Lipinski definition) is 2. The quantitative estimate of drug-likeness (QED) is 0.794. The number of nitrogens with one attached hydrogen (secondary N) is 1. The third-order valence-corrected chi connectivity index (χ3v) is 5.22. The van der Waals surface area contributed by atoms with Crippen LogP contribution in [0.4, 0.5) is 0 Å². The molecule has 0 amide bonds. The molecule has 0 fully saturated rings. The molecule has 0 aliphatic rings. The number of sulfonamides is 1. The molecule has 0 atom stereocenters. The van der Waals surface area contributed by atoms with E-state index in [0.29, 0.717) is 10.8 Å². The minimum atomic E-state index is -3.46. The Kier molecular flexibility index (Phi) is 4.54. The van der Waals surface area contributed by atoms with E-state index >= 15 is 0 Å². The molecule has 1 aromatic heterocycles. The summed E-state index contributed by atoms with van der Waals surface area (Å²) >= 11 is 6.81. The summed E-state index contributed by atoms with van der Waals surface area (Å²) in [6.07, 6.45) is 0.400. The van der Waals surface area contributed by atoms with E-state index in [1.165, 1.54) is 6.07 Å². The number of rotatable bonds is 5. The van der Waals surface area contributed by atoms with E-state index in [4.69, 9.17) is 16.7 Å². The summed E-state index contributed by atoms with van der Waals surface area (Å²) in [5.74, 6) is 0. The molecule has 0 saturated carbocycles. The maximum Gasteiger partial charge on any atom is 0.250 e. The van der Waals surface area contributed by atoms with Crippen LogP contribution in [0, 0.1) is 6.92 Å². The van der Waals surface area contributed by atoms with Crippen LogP contribution >= 0.6 is 22.9 Å². The number of aliphatic hydroxyl groups is 1. The molecule has 0 unspecified atom stereocenters. The van der Waals surface area contributed by atoms with Gasteiger partial charge in [-0.05, 0) is 25.0 Å². The van der Waals surface area contributed by atoms with Crippen LogP contribution in [-0.2, 0) is 10.0 Å². The smallest absolute Gasteiger partial charge is 0.250 e. The third-order valence-electron chi connectivity index (χ3n) is 1.73. The van der Waals surface area contributed by atoms with Crippen LogP contribution in [0.1, 0.15) is 12.0 Å². The zero-order valence-electron chi connectivity index (χ0n) is 8.16. The number of hydrogen-bond acceptors (Lipinski definition) is 4. The summed E-state index contributed by atoms with van der Waals surface area (Å²) in [4.78, 5) is 0. The molecule has 0 aliphatic carbocycles. The molecule has 1 aromatic rings. The molecule has 1 heterocycles. The fourth-order valence-corrected chi connectivity index (χ4v) is 3.75. The molecule has 1 rings (SSSR count). The Balaban J connectivity index is 2.77. The van der Waals surface area contributed by atoms with Gasteiger partial charge in [-0.15, -0.1) is 11.3 Å². The van der Waals surface area contributed by atoms with Crippen molar-refractivity contribution in [2.45, 2.75) is 17.6 Å².